The van der Waals surface area contributed by atoms with Crippen LogP contribution < -0.4 is 0 Å². The number of aromatic nitrogens is 5. The lowest BCUT2D eigenvalue weighted by Gasteiger charge is -2.09. The summed E-state index contributed by atoms with van der Waals surface area (Å²) in [7, 11) is 1.70. The molecular weight excluding hydrogens is 283 g/mol. The lowest BCUT2D eigenvalue weighted by molar-refractivity contribution is -0.146. The number of fused-ring (bicyclic) bond motifs is 1. The summed E-state index contributed by atoms with van der Waals surface area (Å²) in [5, 5.41) is 4.10. The second-order valence-electron chi connectivity index (χ2n) is 4.71. The molecule has 110 valence electrons. The van der Waals surface area contributed by atoms with E-state index in [4.69, 9.17) is 0 Å². The van der Waals surface area contributed by atoms with Crippen molar-refractivity contribution in [1.29, 1.82) is 0 Å². The van der Waals surface area contributed by atoms with E-state index in [0.717, 1.165) is 4.57 Å². The summed E-state index contributed by atoms with van der Waals surface area (Å²) in [6.45, 7) is 1.67. The Bertz CT molecular complexity index is 780. The van der Waals surface area contributed by atoms with E-state index in [-0.39, 0.29) is 6.54 Å². The number of aryl methyl sites for hydroxylation is 2. The van der Waals surface area contributed by atoms with E-state index in [1.54, 1.807) is 38.2 Å². The summed E-state index contributed by atoms with van der Waals surface area (Å²) in [6.07, 6.45) is -4.52. The average molecular weight is 295 g/mol. The van der Waals surface area contributed by atoms with Gasteiger partial charge in [-0.05, 0) is 19.1 Å². The van der Waals surface area contributed by atoms with Crippen molar-refractivity contribution in [2.24, 2.45) is 7.05 Å². The first-order chi connectivity index (χ1) is 9.86. The number of nitrogens with zero attached hydrogens (tertiary/aromatic N) is 5. The minimum Gasteiger partial charge on any atom is -0.313 e. The van der Waals surface area contributed by atoms with E-state index in [1.165, 1.54) is 4.68 Å². The number of benzene rings is 1. The molecule has 0 aliphatic rings. The molecule has 0 aliphatic heterocycles. The summed E-state index contributed by atoms with van der Waals surface area (Å²) in [6, 6.07) is 6.49. The van der Waals surface area contributed by atoms with E-state index in [1.807, 2.05) is 0 Å². The van der Waals surface area contributed by atoms with Crippen LogP contribution in [0.15, 0.2) is 24.3 Å². The topological polar surface area (TPSA) is 48.5 Å². The van der Waals surface area contributed by atoms with Gasteiger partial charge in [-0.2, -0.15) is 18.3 Å². The monoisotopic (exact) mass is 295 g/mol. The van der Waals surface area contributed by atoms with Crippen LogP contribution in [0.3, 0.4) is 0 Å². The van der Waals surface area contributed by atoms with Crippen LogP contribution in [0.1, 0.15) is 17.5 Å². The molecular formula is C13H12F3N5. The van der Waals surface area contributed by atoms with Crippen LogP contribution in [-0.2, 0) is 19.8 Å². The van der Waals surface area contributed by atoms with E-state index in [9.17, 15) is 13.2 Å². The molecule has 21 heavy (non-hydrogen) atoms. The van der Waals surface area contributed by atoms with Crippen LogP contribution in [0.5, 0.6) is 0 Å². The highest BCUT2D eigenvalue weighted by molar-refractivity contribution is 5.76. The highest BCUT2D eigenvalue weighted by Gasteiger charge is 2.37. The van der Waals surface area contributed by atoms with Crippen LogP contribution in [0.25, 0.3) is 11.0 Å². The van der Waals surface area contributed by atoms with Gasteiger partial charge >= 0.3 is 6.18 Å². The van der Waals surface area contributed by atoms with E-state index in [2.05, 4.69) is 15.1 Å². The highest BCUT2D eigenvalue weighted by Crippen LogP contribution is 2.31. The molecule has 0 aliphatic carbocycles. The van der Waals surface area contributed by atoms with Crippen molar-refractivity contribution in [2.75, 3.05) is 0 Å². The molecule has 3 aromatic rings. The summed E-state index contributed by atoms with van der Waals surface area (Å²) < 4.78 is 42.1. The fourth-order valence-electron chi connectivity index (χ4n) is 2.19. The lowest BCUT2D eigenvalue weighted by atomic mass is 10.3. The molecule has 0 spiro atoms. The predicted molar refractivity (Wildman–Crippen MR) is 69.6 cm³/mol. The lowest BCUT2D eigenvalue weighted by Crippen LogP contribution is -2.16. The van der Waals surface area contributed by atoms with Gasteiger partial charge in [0.15, 0.2) is 5.82 Å². The Kier molecular flexibility index (Phi) is 2.96. The van der Waals surface area contributed by atoms with Crippen LogP contribution >= 0.6 is 0 Å². The Morgan fingerprint density at radius 1 is 1.14 bits per heavy atom. The zero-order valence-corrected chi connectivity index (χ0v) is 11.4. The fraction of sp³-hybridized carbons (Fsp3) is 0.308. The Labute approximate surface area is 118 Å². The van der Waals surface area contributed by atoms with Crippen molar-refractivity contribution in [1.82, 2.24) is 24.3 Å². The van der Waals surface area contributed by atoms with Gasteiger partial charge in [0.05, 0.1) is 17.6 Å². The minimum atomic E-state index is -4.52. The van der Waals surface area contributed by atoms with Crippen molar-refractivity contribution < 1.29 is 13.2 Å². The number of para-hydroxylation sites is 2. The average Bonchev–Trinajstić information content (AvgIpc) is 2.92. The van der Waals surface area contributed by atoms with E-state index in [0.29, 0.717) is 22.7 Å². The molecule has 0 saturated carbocycles. The standard InChI is InChI=1S/C13H12F3N5/c1-8-17-11(19-20(8)2)7-21-10-6-4-3-5-9(10)18-12(21)13(14,15)16/h3-6H,7H2,1-2H3. The molecule has 2 aromatic heterocycles. The maximum atomic E-state index is 13.1. The summed E-state index contributed by atoms with van der Waals surface area (Å²) in [5.41, 5.74) is 0.715. The van der Waals surface area contributed by atoms with Gasteiger partial charge in [0.25, 0.3) is 0 Å². The molecule has 8 heteroatoms. The molecule has 1 aromatic carbocycles. The van der Waals surface area contributed by atoms with Crippen LogP contribution in [-0.4, -0.2) is 24.3 Å². The Morgan fingerprint density at radius 2 is 1.86 bits per heavy atom. The van der Waals surface area contributed by atoms with Gasteiger partial charge in [-0.15, -0.1) is 0 Å². The molecule has 0 fully saturated rings. The van der Waals surface area contributed by atoms with E-state index >= 15 is 0 Å². The minimum absolute atomic E-state index is 0.0724. The quantitative estimate of drug-likeness (QED) is 0.730. The number of imidazole rings is 1. The summed E-state index contributed by atoms with van der Waals surface area (Å²) in [4.78, 5) is 7.84. The van der Waals surface area contributed by atoms with Gasteiger partial charge in [0, 0.05) is 7.05 Å². The molecule has 0 unspecified atom stereocenters. The number of alkyl halides is 3. The Balaban J connectivity index is 2.15. The highest BCUT2D eigenvalue weighted by atomic mass is 19.4. The smallest absolute Gasteiger partial charge is 0.313 e. The van der Waals surface area contributed by atoms with Gasteiger partial charge < -0.3 is 4.57 Å². The molecule has 3 rings (SSSR count). The maximum absolute atomic E-state index is 13.1. The molecule has 0 saturated heterocycles. The van der Waals surface area contributed by atoms with Gasteiger partial charge in [0.2, 0.25) is 5.82 Å². The van der Waals surface area contributed by atoms with Crippen molar-refractivity contribution >= 4 is 11.0 Å². The van der Waals surface area contributed by atoms with Gasteiger partial charge in [-0.25, -0.2) is 9.97 Å². The van der Waals surface area contributed by atoms with Crippen molar-refractivity contribution in [3.8, 4) is 0 Å². The number of rotatable bonds is 2. The molecule has 2 heterocycles. The van der Waals surface area contributed by atoms with Crippen molar-refractivity contribution in [2.45, 2.75) is 19.6 Å². The SMILES string of the molecule is Cc1nc(Cn2c(C(F)(F)F)nc3ccccc32)nn1C. The zero-order valence-electron chi connectivity index (χ0n) is 11.4. The van der Waals surface area contributed by atoms with Crippen molar-refractivity contribution in [3.05, 3.63) is 41.7 Å². The Morgan fingerprint density at radius 3 is 2.48 bits per heavy atom. The molecule has 0 radical (unpaired) electrons. The normalized spacial score (nSPS) is 12.2. The first-order valence-corrected chi connectivity index (χ1v) is 6.25. The van der Waals surface area contributed by atoms with Gasteiger partial charge in [-0.1, -0.05) is 12.1 Å². The third kappa shape index (κ3) is 2.37. The molecule has 0 atom stereocenters. The molecule has 5 nitrogen and oxygen atoms in total. The first kappa shape index (κ1) is 13.6. The van der Waals surface area contributed by atoms with Crippen LogP contribution in [0.2, 0.25) is 0 Å². The Hall–Kier alpha value is -2.38. The third-order valence-electron chi connectivity index (χ3n) is 3.23. The van der Waals surface area contributed by atoms with Gasteiger partial charge in [0.1, 0.15) is 5.82 Å². The second-order valence-corrected chi connectivity index (χ2v) is 4.71. The number of hydrogen-bond acceptors (Lipinski definition) is 3. The number of hydrogen-bond donors (Lipinski definition) is 0. The molecule has 0 N–H and O–H groups in total. The zero-order chi connectivity index (χ0) is 15.2. The summed E-state index contributed by atoms with van der Waals surface area (Å²) >= 11 is 0. The molecule has 0 amide bonds. The van der Waals surface area contributed by atoms with Crippen LogP contribution in [0, 0.1) is 6.92 Å². The third-order valence-corrected chi connectivity index (χ3v) is 3.23. The maximum Gasteiger partial charge on any atom is 0.449 e. The van der Waals surface area contributed by atoms with Crippen LogP contribution in [0.4, 0.5) is 13.2 Å². The predicted octanol–water partition coefficient (Wildman–Crippen LogP) is 2.54. The molecule has 0 bridgehead atoms. The number of halogens is 3. The van der Waals surface area contributed by atoms with Crippen molar-refractivity contribution in [3.63, 3.8) is 0 Å². The second kappa shape index (κ2) is 4.57. The fourth-order valence-corrected chi connectivity index (χ4v) is 2.19. The first-order valence-electron chi connectivity index (χ1n) is 6.25. The van der Waals surface area contributed by atoms with E-state index < -0.39 is 12.0 Å². The largest absolute Gasteiger partial charge is 0.449 e. The van der Waals surface area contributed by atoms with Gasteiger partial charge in [-0.3, -0.25) is 4.68 Å². The summed E-state index contributed by atoms with van der Waals surface area (Å²) in [5.74, 6) is 0.0282.